The molecule has 7 rings (SSSR count). The maximum atomic E-state index is 13.7. The average molecular weight is 617 g/mol. The summed E-state index contributed by atoms with van der Waals surface area (Å²) in [6.45, 7) is 2.17. The fourth-order valence-electron chi connectivity index (χ4n) is 5.56. The van der Waals surface area contributed by atoms with Crippen molar-refractivity contribution >= 4 is 22.8 Å². The second kappa shape index (κ2) is 10.4. The van der Waals surface area contributed by atoms with E-state index in [0.29, 0.717) is 54.7 Å². The molecule has 1 aromatic carbocycles. The number of aromatic nitrogens is 8. The Morgan fingerprint density at radius 1 is 0.818 bits per heavy atom. The van der Waals surface area contributed by atoms with E-state index in [-0.39, 0.29) is 19.0 Å². The number of H-pyrrole nitrogens is 1. The van der Waals surface area contributed by atoms with Gasteiger partial charge in [-0.15, -0.1) is 0 Å². The zero-order valence-electron chi connectivity index (χ0n) is 22.6. The van der Waals surface area contributed by atoms with Crippen molar-refractivity contribution in [2.45, 2.75) is 24.8 Å². The molecule has 0 unspecified atom stereocenters. The Bertz CT molecular complexity index is 1760. The van der Waals surface area contributed by atoms with Crippen molar-refractivity contribution in [3.63, 3.8) is 0 Å². The molecule has 1 saturated heterocycles. The minimum absolute atomic E-state index is 0.0126. The van der Waals surface area contributed by atoms with E-state index < -0.39 is 35.7 Å². The van der Waals surface area contributed by atoms with Crippen LogP contribution < -0.4 is 9.80 Å². The fourth-order valence-corrected chi connectivity index (χ4v) is 5.56. The van der Waals surface area contributed by atoms with Crippen LogP contribution in [0.2, 0.25) is 0 Å². The SMILES string of the molecule is FC(F)(F)c1cc(C(F)(F)F)nc(N2CCc3c([nH]c4ccc(-n5nccn5)cc34)[C@@H]2c2cnc(N3CCOCC3)nc2)n1. The van der Waals surface area contributed by atoms with E-state index >= 15 is 0 Å². The summed E-state index contributed by atoms with van der Waals surface area (Å²) in [6, 6.07) is 4.47. The smallest absolute Gasteiger partial charge is 0.378 e. The number of alkyl halides is 6. The molecule has 1 fully saturated rings. The fraction of sp³-hybridized carbons (Fsp3) is 0.333. The van der Waals surface area contributed by atoms with Crippen LogP contribution in [0.15, 0.2) is 49.1 Å². The lowest BCUT2D eigenvalue weighted by atomic mass is 9.94. The maximum absolute atomic E-state index is 13.7. The van der Waals surface area contributed by atoms with Gasteiger partial charge in [0, 0.05) is 54.2 Å². The van der Waals surface area contributed by atoms with Gasteiger partial charge in [0.1, 0.15) is 6.04 Å². The lowest BCUT2D eigenvalue weighted by molar-refractivity contribution is -0.147. The largest absolute Gasteiger partial charge is 0.433 e. The second-order valence-corrected chi connectivity index (χ2v) is 10.3. The van der Waals surface area contributed by atoms with Gasteiger partial charge in [0.15, 0.2) is 11.4 Å². The van der Waals surface area contributed by atoms with Crippen LogP contribution in [0.25, 0.3) is 16.6 Å². The van der Waals surface area contributed by atoms with Crippen LogP contribution in [-0.4, -0.2) is 72.8 Å². The quantitative estimate of drug-likeness (QED) is 0.295. The molecular weight excluding hydrogens is 594 g/mol. The summed E-state index contributed by atoms with van der Waals surface area (Å²) < 4.78 is 87.9. The zero-order valence-corrected chi connectivity index (χ0v) is 22.6. The number of halogens is 6. The van der Waals surface area contributed by atoms with E-state index in [9.17, 15) is 26.3 Å². The van der Waals surface area contributed by atoms with Crippen LogP contribution in [0.5, 0.6) is 0 Å². The molecule has 2 aliphatic rings. The Morgan fingerprint density at radius 2 is 1.48 bits per heavy atom. The third-order valence-corrected chi connectivity index (χ3v) is 7.58. The predicted octanol–water partition coefficient (Wildman–Crippen LogP) is 4.35. The van der Waals surface area contributed by atoms with Crippen molar-refractivity contribution in [3.8, 4) is 5.69 Å². The Balaban J connectivity index is 1.37. The van der Waals surface area contributed by atoms with Crippen molar-refractivity contribution in [3.05, 3.63) is 77.3 Å². The molecule has 1 N–H and O–H groups in total. The summed E-state index contributed by atoms with van der Waals surface area (Å²) in [6.07, 6.45) is -3.87. The van der Waals surface area contributed by atoms with Gasteiger partial charge in [-0.3, -0.25) is 0 Å². The van der Waals surface area contributed by atoms with Gasteiger partial charge >= 0.3 is 12.4 Å². The van der Waals surface area contributed by atoms with Crippen molar-refractivity contribution in [2.24, 2.45) is 0 Å². The first-order valence-corrected chi connectivity index (χ1v) is 13.5. The minimum Gasteiger partial charge on any atom is -0.378 e. The molecule has 6 heterocycles. The first-order valence-electron chi connectivity index (χ1n) is 13.5. The second-order valence-electron chi connectivity index (χ2n) is 10.3. The molecule has 228 valence electrons. The molecule has 0 spiro atoms. The van der Waals surface area contributed by atoms with Gasteiger partial charge in [-0.1, -0.05) is 0 Å². The molecule has 2 aliphatic heterocycles. The van der Waals surface area contributed by atoms with Crippen molar-refractivity contribution < 1.29 is 31.1 Å². The third-order valence-electron chi connectivity index (χ3n) is 7.58. The van der Waals surface area contributed by atoms with E-state index in [1.54, 1.807) is 6.07 Å². The van der Waals surface area contributed by atoms with Gasteiger partial charge in [0.05, 0.1) is 31.3 Å². The van der Waals surface area contributed by atoms with Gasteiger partial charge in [-0.2, -0.15) is 41.3 Å². The number of nitrogens with zero attached hydrogens (tertiary/aromatic N) is 9. The lowest BCUT2D eigenvalue weighted by Gasteiger charge is -2.36. The van der Waals surface area contributed by atoms with Crippen LogP contribution in [-0.2, 0) is 23.5 Å². The van der Waals surface area contributed by atoms with Crippen LogP contribution in [0.4, 0.5) is 38.2 Å². The van der Waals surface area contributed by atoms with Crippen molar-refractivity contribution in [1.82, 2.24) is 39.9 Å². The molecular formula is C27H22F6N10O. The van der Waals surface area contributed by atoms with E-state index in [0.717, 1.165) is 10.9 Å². The Hall–Kier alpha value is -4.80. The highest BCUT2D eigenvalue weighted by atomic mass is 19.4. The Kier molecular flexibility index (Phi) is 6.64. The number of aromatic amines is 1. The Labute approximate surface area is 244 Å². The molecule has 17 heteroatoms. The third kappa shape index (κ3) is 5.06. The lowest BCUT2D eigenvalue weighted by Crippen LogP contribution is -2.39. The topological polar surface area (TPSA) is 114 Å². The monoisotopic (exact) mass is 616 g/mol. The summed E-state index contributed by atoms with van der Waals surface area (Å²) in [4.78, 5) is 24.2. The predicted molar refractivity (Wildman–Crippen MR) is 143 cm³/mol. The minimum atomic E-state index is -5.13. The van der Waals surface area contributed by atoms with Gasteiger partial charge in [-0.25, -0.2) is 19.9 Å². The molecule has 44 heavy (non-hydrogen) atoms. The standard InChI is InChI=1S/C27H22F6N10O/c28-26(29,30)20-12-21(27(31,32)33)40-25(39-20)42-6-3-17-18-11-16(43-36-4-5-37-43)1-2-19(18)38-22(17)23(42)15-13-34-24(35-14-15)41-7-9-44-10-8-41/h1-2,4-5,11-14,23,38H,3,6-10H2/t23-/m0/s1. The van der Waals surface area contributed by atoms with Crippen LogP contribution in [0, 0.1) is 0 Å². The molecule has 1 atom stereocenters. The Morgan fingerprint density at radius 3 is 2.11 bits per heavy atom. The molecule has 0 radical (unpaired) electrons. The number of morpholine rings is 1. The van der Waals surface area contributed by atoms with Crippen LogP contribution in [0.1, 0.15) is 34.3 Å². The number of rotatable bonds is 4. The van der Waals surface area contributed by atoms with Gasteiger partial charge in [0.25, 0.3) is 0 Å². The molecule has 0 aliphatic carbocycles. The highest BCUT2D eigenvalue weighted by Crippen LogP contribution is 2.42. The molecule has 0 bridgehead atoms. The van der Waals surface area contributed by atoms with E-state index in [1.165, 1.54) is 34.5 Å². The average Bonchev–Trinajstić information content (AvgIpc) is 3.68. The van der Waals surface area contributed by atoms with Gasteiger partial charge in [-0.05, 0) is 36.2 Å². The number of fused-ring (bicyclic) bond motifs is 3. The number of hydrogen-bond donors (Lipinski definition) is 1. The summed E-state index contributed by atoms with van der Waals surface area (Å²) >= 11 is 0. The number of benzene rings is 1. The molecule has 5 aromatic rings. The van der Waals surface area contributed by atoms with Crippen molar-refractivity contribution in [1.29, 1.82) is 0 Å². The number of hydrogen-bond acceptors (Lipinski definition) is 9. The highest BCUT2D eigenvalue weighted by molar-refractivity contribution is 5.87. The molecule has 4 aromatic heterocycles. The summed E-state index contributed by atoms with van der Waals surface area (Å²) in [5, 5.41) is 9.14. The van der Waals surface area contributed by atoms with Gasteiger partial charge < -0.3 is 19.5 Å². The molecule has 11 nitrogen and oxygen atoms in total. The number of anilines is 2. The summed E-state index contributed by atoms with van der Waals surface area (Å²) in [5.74, 6) is -0.275. The number of nitrogens with one attached hydrogen (secondary N) is 1. The zero-order chi connectivity index (χ0) is 30.6. The van der Waals surface area contributed by atoms with E-state index in [2.05, 4.69) is 35.1 Å². The highest BCUT2D eigenvalue weighted by Gasteiger charge is 2.42. The molecule has 0 amide bonds. The summed E-state index contributed by atoms with van der Waals surface area (Å²) in [5.41, 5.74) is -0.178. The molecule has 0 saturated carbocycles. The van der Waals surface area contributed by atoms with Gasteiger partial charge in [0.2, 0.25) is 11.9 Å². The first-order chi connectivity index (χ1) is 21.1. The van der Waals surface area contributed by atoms with E-state index in [1.807, 2.05) is 17.0 Å². The summed E-state index contributed by atoms with van der Waals surface area (Å²) in [7, 11) is 0. The first kappa shape index (κ1) is 28.0. The van der Waals surface area contributed by atoms with Crippen LogP contribution >= 0.6 is 0 Å². The van der Waals surface area contributed by atoms with Crippen molar-refractivity contribution in [2.75, 3.05) is 42.6 Å². The van der Waals surface area contributed by atoms with E-state index in [4.69, 9.17) is 4.74 Å². The normalized spacial score (nSPS) is 17.7. The van der Waals surface area contributed by atoms with Crippen LogP contribution in [0.3, 0.4) is 0 Å². The number of ether oxygens (including phenoxy) is 1. The maximum Gasteiger partial charge on any atom is 0.433 e.